The molecule has 4 rings (SSSR count). The summed E-state index contributed by atoms with van der Waals surface area (Å²) in [6.45, 7) is 8.82. The molecule has 0 radical (unpaired) electrons. The van der Waals surface area contributed by atoms with E-state index in [9.17, 15) is 0 Å². The Hall–Kier alpha value is -2.43. The summed E-state index contributed by atoms with van der Waals surface area (Å²) < 4.78 is 11.7. The minimum absolute atomic E-state index is 0. The van der Waals surface area contributed by atoms with E-state index in [1.165, 1.54) is 5.69 Å². The average molecular weight is 385 g/mol. The maximum absolute atomic E-state index is 6.30. The van der Waals surface area contributed by atoms with E-state index in [1.807, 2.05) is 24.3 Å². The fourth-order valence-electron chi connectivity index (χ4n) is 3.63. The molecule has 0 amide bonds. The van der Waals surface area contributed by atoms with Crippen LogP contribution in [0, 0.1) is 0 Å². The Labute approximate surface area is 166 Å². The highest BCUT2D eigenvalue weighted by Gasteiger charge is 2.24. The molecule has 2 aromatic carbocycles. The van der Waals surface area contributed by atoms with Gasteiger partial charge in [0, 0.05) is 49.7 Å². The number of hydrogen-bond acceptors (Lipinski definition) is 4. The molecule has 1 saturated heterocycles. The topological polar surface area (TPSA) is 28.9 Å². The molecule has 1 aromatic heterocycles. The van der Waals surface area contributed by atoms with Gasteiger partial charge in [0.25, 0.3) is 0 Å². The van der Waals surface area contributed by atoms with Gasteiger partial charge >= 0.3 is 0 Å². The lowest BCUT2D eigenvalue weighted by Crippen LogP contribution is -2.46. The lowest BCUT2D eigenvalue weighted by Gasteiger charge is -2.35. The SMILES string of the molecule is C=CCN1CCN(c2c(-c3ccccc3)oc3cc(OC)ccc23)CC1.Cl. The van der Waals surface area contributed by atoms with Crippen LogP contribution in [0.4, 0.5) is 5.69 Å². The van der Waals surface area contributed by atoms with Gasteiger partial charge in [-0.1, -0.05) is 36.4 Å². The van der Waals surface area contributed by atoms with Gasteiger partial charge in [0.05, 0.1) is 12.8 Å². The smallest absolute Gasteiger partial charge is 0.158 e. The predicted molar refractivity (Wildman–Crippen MR) is 114 cm³/mol. The molecule has 0 N–H and O–H groups in total. The first-order chi connectivity index (χ1) is 12.8. The number of methoxy groups -OCH3 is 1. The number of hydrogen-bond donors (Lipinski definition) is 0. The lowest BCUT2D eigenvalue weighted by molar-refractivity contribution is 0.284. The van der Waals surface area contributed by atoms with Crippen molar-refractivity contribution in [2.24, 2.45) is 0 Å². The van der Waals surface area contributed by atoms with Crippen LogP contribution in [0.5, 0.6) is 5.75 Å². The Morgan fingerprint density at radius 3 is 2.48 bits per heavy atom. The molecule has 1 fully saturated rings. The molecular formula is C22H25ClN2O2. The van der Waals surface area contributed by atoms with Gasteiger partial charge in [-0.25, -0.2) is 0 Å². The van der Waals surface area contributed by atoms with Gasteiger partial charge in [-0.3, -0.25) is 4.90 Å². The van der Waals surface area contributed by atoms with E-state index in [2.05, 4.69) is 46.7 Å². The van der Waals surface area contributed by atoms with Crippen molar-refractivity contribution in [1.29, 1.82) is 0 Å². The Bertz CT molecular complexity index is 899. The molecule has 4 nitrogen and oxygen atoms in total. The van der Waals surface area contributed by atoms with Crippen LogP contribution in [0.2, 0.25) is 0 Å². The molecule has 0 atom stereocenters. The normalized spacial score (nSPS) is 14.8. The summed E-state index contributed by atoms with van der Waals surface area (Å²) in [7, 11) is 1.68. The summed E-state index contributed by atoms with van der Waals surface area (Å²) in [4.78, 5) is 4.87. The lowest BCUT2D eigenvalue weighted by atomic mass is 10.1. The van der Waals surface area contributed by atoms with Crippen molar-refractivity contribution < 1.29 is 9.15 Å². The van der Waals surface area contributed by atoms with Crippen LogP contribution in [0.25, 0.3) is 22.3 Å². The van der Waals surface area contributed by atoms with Crippen molar-refractivity contribution in [1.82, 2.24) is 4.90 Å². The first-order valence-corrected chi connectivity index (χ1v) is 9.04. The highest BCUT2D eigenvalue weighted by molar-refractivity contribution is 6.00. The number of rotatable bonds is 5. The molecule has 5 heteroatoms. The largest absolute Gasteiger partial charge is 0.497 e. The number of fused-ring (bicyclic) bond motifs is 1. The van der Waals surface area contributed by atoms with E-state index in [4.69, 9.17) is 9.15 Å². The summed E-state index contributed by atoms with van der Waals surface area (Å²) in [5.74, 6) is 1.75. The second-order valence-electron chi connectivity index (χ2n) is 6.58. The fraction of sp³-hybridized carbons (Fsp3) is 0.273. The van der Waals surface area contributed by atoms with Gasteiger partial charge in [-0.2, -0.15) is 0 Å². The average Bonchev–Trinajstić information content (AvgIpc) is 3.08. The van der Waals surface area contributed by atoms with E-state index < -0.39 is 0 Å². The zero-order chi connectivity index (χ0) is 17.9. The van der Waals surface area contributed by atoms with E-state index in [-0.39, 0.29) is 12.4 Å². The molecule has 1 aliphatic rings. The Kier molecular flexibility index (Phi) is 6.09. The Morgan fingerprint density at radius 1 is 1.07 bits per heavy atom. The van der Waals surface area contributed by atoms with Crippen molar-refractivity contribution in [2.45, 2.75) is 0 Å². The van der Waals surface area contributed by atoms with Gasteiger partial charge in [0.1, 0.15) is 11.3 Å². The van der Waals surface area contributed by atoms with Gasteiger partial charge in [-0.05, 0) is 12.1 Å². The Morgan fingerprint density at radius 2 is 1.81 bits per heavy atom. The molecule has 0 unspecified atom stereocenters. The molecule has 1 aliphatic heterocycles. The second kappa shape index (κ2) is 8.51. The predicted octanol–water partition coefficient (Wildman–Crippen LogP) is 4.84. The van der Waals surface area contributed by atoms with Crippen molar-refractivity contribution >= 4 is 29.1 Å². The van der Waals surface area contributed by atoms with E-state index in [0.717, 1.165) is 60.8 Å². The number of nitrogens with zero attached hydrogens (tertiary/aromatic N) is 2. The first-order valence-electron chi connectivity index (χ1n) is 9.04. The number of benzene rings is 2. The molecule has 2 heterocycles. The third-order valence-electron chi connectivity index (χ3n) is 4.98. The number of ether oxygens (including phenoxy) is 1. The van der Waals surface area contributed by atoms with Gasteiger partial charge in [0.2, 0.25) is 0 Å². The van der Waals surface area contributed by atoms with Crippen LogP contribution in [-0.2, 0) is 0 Å². The molecule has 142 valence electrons. The van der Waals surface area contributed by atoms with Crippen molar-refractivity contribution in [3.05, 3.63) is 61.2 Å². The maximum Gasteiger partial charge on any atom is 0.158 e. The van der Waals surface area contributed by atoms with Crippen molar-refractivity contribution in [3.8, 4) is 17.1 Å². The standard InChI is InChI=1S/C22H24N2O2.ClH/c1-3-11-23-12-14-24(15-13-23)21-19-10-9-18(25-2)16-20(19)26-22(21)17-7-5-4-6-8-17;/h3-10,16H,1,11-15H2,2H3;1H. The summed E-state index contributed by atoms with van der Waals surface area (Å²) >= 11 is 0. The quantitative estimate of drug-likeness (QED) is 0.588. The highest BCUT2D eigenvalue weighted by Crippen LogP contribution is 2.41. The van der Waals surface area contributed by atoms with Crippen LogP contribution < -0.4 is 9.64 Å². The zero-order valence-electron chi connectivity index (χ0n) is 15.6. The van der Waals surface area contributed by atoms with Crippen LogP contribution in [-0.4, -0.2) is 44.7 Å². The van der Waals surface area contributed by atoms with Crippen LogP contribution >= 0.6 is 12.4 Å². The van der Waals surface area contributed by atoms with Crippen LogP contribution in [0.3, 0.4) is 0 Å². The maximum atomic E-state index is 6.30. The van der Waals surface area contributed by atoms with E-state index in [1.54, 1.807) is 7.11 Å². The molecule has 0 saturated carbocycles. The Balaban J connectivity index is 0.00000210. The van der Waals surface area contributed by atoms with Gasteiger partial charge in [-0.15, -0.1) is 19.0 Å². The molecule has 0 spiro atoms. The van der Waals surface area contributed by atoms with Crippen LogP contribution in [0.1, 0.15) is 0 Å². The van der Waals surface area contributed by atoms with Crippen molar-refractivity contribution in [2.75, 3.05) is 44.7 Å². The van der Waals surface area contributed by atoms with Crippen LogP contribution in [0.15, 0.2) is 65.6 Å². The van der Waals surface area contributed by atoms with Gasteiger partial charge in [0.15, 0.2) is 5.76 Å². The van der Waals surface area contributed by atoms with E-state index >= 15 is 0 Å². The number of halogens is 1. The minimum Gasteiger partial charge on any atom is -0.497 e. The summed E-state index contributed by atoms with van der Waals surface area (Å²) in [5, 5.41) is 1.14. The molecule has 0 aliphatic carbocycles. The fourth-order valence-corrected chi connectivity index (χ4v) is 3.63. The molecule has 0 bridgehead atoms. The number of piperazine rings is 1. The summed E-state index contributed by atoms with van der Waals surface area (Å²) in [5.41, 5.74) is 3.16. The highest BCUT2D eigenvalue weighted by atomic mass is 35.5. The van der Waals surface area contributed by atoms with Gasteiger partial charge < -0.3 is 14.1 Å². The first kappa shape index (κ1) is 19.3. The summed E-state index contributed by atoms with van der Waals surface area (Å²) in [6, 6.07) is 16.4. The second-order valence-corrected chi connectivity index (χ2v) is 6.58. The summed E-state index contributed by atoms with van der Waals surface area (Å²) in [6.07, 6.45) is 1.98. The molecule has 3 aromatic rings. The van der Waals surface area contributed by atoms with E-state index in [0.29, 0.717) is 0 Å². The monoisotopic (exact) mass is 384 g/mol. The third kappa shape index (κ3) is 3.82. The third-order valence-corrected chi connectivity index (χ3v) is 4.98. The minimum atomic E-state index is 0. The van der Waals surface area contributed by atoms with Crippen molar-refractivity contribution in [3.63, 3.8) is 0 Å². The number of furan rings is 1. The zero-order valence-corrected chi connectivity index (χ0v) is 16.4. The molecular weight excluding hydrogens is 360 g/mol. The number of anilines is 1. The molecule has 27 heavy (non-hydrogen) atoms.